The zero-order valence-corrected chi connectivity index (χ0v) is 10.4. The van der Waals surface area contributed by atoms with Crippen molar-refractivity contribution in [2.45, 2.75) is 19.4 Å². The van der Waals surface area contributed by atoms with Crippen molar-refractivity contribution in [3.63, 3.8) is 0 Å². The van der Waals surface area contributed by atoms with E-state index in [1.807, 2.05) is 0 Å². The third-order valence-corrected chi connectivity index (χ3v) is 2.26. The first-order valence-corrected chi connectivity index (χ1v) is 5.37. The van der Waals surface area contributed by atoms with Crippen LogP contribution >= 0.6 is 23.2 Å². The van der Waals surface area contributed by atoms with Crippen LogP contribution in [-0.2, 0) is 0 Å². The van der Waals surface area contributed by atoms with Crippen molar-refractivity contribution in [3.05, 3.63) is 28.0 Å². The molecule has 1 amide bonds. The highest BCUT2D eigenvalue weighted by molar-refractivity contribution is 6.35. The third kappa shape index (κ3) is 3.96. The zero-order chi connectivity index (χ0) is 12.3. The number of aromatic nitrogens is 1. The normalized spacial score (nSPS) is 11.3. The Kier molecular flexibility index (Phi) is 4.13. The predicted molar refractivity (Wildman–Crippen MR) is 62.9 cm³/mol. The second-order valence-electron chi connectivity index (χ2n) is 3.98. The van der Waals surface area contributed by atoms with Gasteiger partial charge in [-0.05, 0) is 19.9 Å². The molecule has 0 unspecified atom stereocenters. The van der Waals surface area contributed by atoms with Crippen LogP contribution in [0, 0.1) is 0 Å². The standard InChI is InChI=1S/C10H12Cl2N2O2/c1-10(2,16)5-14-9(15)6-3-8(12)13-4-7(6)11/h3-4,16H,5H2,1-2H3,(H,14,15). The van der Waals surface area contributed by atoms with Gasteiger partial charge in [-0.3, -0.25) is 4.79 Å². The second-order valence-corrected chi connectivity index (χ2v) is 4.78. The number of hydrogen-bond donors (Lipinski definition) is 2. The number of pyridine rings is 1. The maximum atomic E-state index is 11.7. The molecule has 16 heavy (non-hydrogen) atoms. The predicted octanol–water partition coefficient (Wildman–Crippen LogP) is 1.89. The van der Waals surface area contributed by atoms with Crippen LogP contribution in [0.25, 0.3) is 0 Å². The maximum Gasteiger partial charge on any atom is 0.253 e. The lowest BCUT2D eigenvalue weighted by molar-refractivity contribution is 0.0694. The Balaban J connectivity index is 2.77. The molecule has 0 bridgehead atoms. The molecule has 0 saturated heterocycles. The summed E-state index contributed by atoms with van der Waals surface area (Å²) in [5, 5.41) is 12.4. The SMILES string of the molecule is CC(C)(O)CNC(=O)c1cc(Cl)ncc1Cl. The molecule has 1 heterocycles. The third-order valence-electron chi connectivity index (χ3n) is 1.75. The van der Waals surface area contributed by atoms with Crippen molar-refractivity contribution in [3.8, 4) is 0 Å². The van der Waals surface area contributed by atoms with Gasteiger partial charge in [0.1, 0.15) is 5.15 Å². The summed E-state index contributed by atoms with van der Waals surface area (Å²) >= 11 is 11.4. The Hall–Kier alpha value is -0.840. The highest BCUT2D eigenvalue weighted by atomic mass is 35.5. The summed E-state index contributed by atoms with van der Waals surface area (Å²) in [6.07, 6.45) is 1.31. The van der Waals surface area contributed by atoms with Gasteiger partial charge in [0, 0.05) is 12.7 Å². The fourth-order valence-corrected chi connectivity index (χ4v) is 1.33. The van der Waals surface area contributed by atoms with Gasteiger partial charge in [-0.25, -0.2) is 4.98 Å². The van der Waals surface area contributed by atoms with E-state index in [0.717, 1.165) is 0 Å². The summed E-state index contributed by atoms with van der Waals surface area (Å²) < 4.78 is 0. The molecule has 0 aliphatic rings. The molecule has 2 N–H and O–H groups in total. The summed E-state index contributed by atoms with van der Waals surface area (Å²) in [6.45, 7) is 3.31. The van der Waals surface area contributed by atoms with E-state index in [9.17, 15) is 9.90 Å². The zero-order valence-electron chi connectivity index (χ0n) is 8.92. The molecule has 4 nitrogen and oxygen atoms in total. The van der Waals surface area contributed by atoms with Crippen LogP contribution in [0.5, 0.6) is 0 Å². The first kappa shape index (κ1) is 13.2. The van der Waals surface area contributed by atoms with E-state index in [-0.39, 0.29) is 22.3 Å². The fraction of sp³-hybridized carbons (Fsp3) is 0.400. The molecule has 0 fully saturated rings. The first-order chi connectivity index (χ1) is 7.29. The van der Waals surface area contributed by atoms with Crippen LogP contribution in [0.4, 0.5) is 0 Å². The summed E-state index contributed by atoms with van der Waals surface area (Å²) in [5.41, 5.74) is -0.732. The topological polar surface area (TPSA) is 62.2 Å². The van der Waals surface area contributed by atoms with E-state index in [2.05, 4.69) is 10.3 Å². The molecule has 1 rings (SSSR count). The largest absolute Gasteiger partial charge is 0.389 e. The van der Waals surface area contributed by atoms with Gasteiger partial charge in [0.05, 0.1) is 16.2 Å². The molecule has 1 aromatic heterocycles. The van der Waals surface area contributed by atoms with Crippen molar-refractivity contribution < 1.29 is 9.90 Å². The van der Waals surface area contributed by atoms with Gasteiger partial charge in [0.15, 0.2) is 0 Å². The second kappa shape index (κ2) is 4.99. The van der Waals surface area contributed by atoms with Crippen molar-refractivity contribution in [2.24, 2.45) is 0 Å². The number of halogens is 2. The Labute approximate surface area is 104 Å². The highest BCUT2D eigenvalue weighted by Crippen LogP contribution is 2.17. The average Bonchev–Trinajstić information content (AvgIpc) is 2.17. The maximum absolute atomic E-state index is 11.7. The molecule has 0 atom stereocenters. The number of carbonyl (C=O) groups excluding carboxylic acids is 1. The lowest BCUT2D eigenvalue weighted by Gasteiger charge is -2.17. The summed E-state index contributed by atoms with van der Waals surface area (Å²) in [4.78, 5) is 15.4. The minimum absolute atomic E-state index is 0.127. The van der Waals surface area contributed by atoms with Gasteiger partial charge in [-0.15, -0.1) is 0 Å². The van der Waals surface area contributed by atoms with Crippen LogP contribution in [0.3, 0.4) is 0 Å². The molecular weight excluding hydrogens is 251 g/mol. The molecule has 0 aliphatic carbocycles. The molecule has 6 heteroatoms. The Morgan fingerprint density at radius 1 is 1.56 bits per heavy atom. The smallest absolute Gasteiger partial charge is 0.253 e. The molecular formula is C10H12Cl2N2O2. The van der Waals surface area contributed by atoms with Gasteiger partial charge >= 0.3 is 0 Å². The molecule has 0 aliphatic heterocycles. The van der Waals surface area contributed by atoms with Crippen LogP contribution in [0.2, 0.25) is 10.2 Å². The molecule has 0 spiro atoms. The van der Waals surface area contributed by atoms with Crippen molar-refractivity contribution in [1.82, 2.24) is 10.3 Å². The lowest BCUT2D eigenvalue weighted by Crippen LogP contribution is -2.38. The molecule has 0 aromatic carbocycles. The van der Waals surface area contributed by atoms with Gasteiger partial charge in [-0.2, -0.15) is 0 Å². The number of nitrogens with one attached hydrogen (secondary N) is 1. The molecule has 0 radical (unpaired) electrons. The fourth-order valence-electron chi connectivity index (χ4n) is 0.979. The van der Waals surface area contributed by atoms with Gasteiger partial charge in [0.2, 0.25) is 0 Å². The quantitative estimate of drug-likeness (QED) is 0.818. The molecule has 0 saturated carbocycles. The molecule has 1 aromatic rings. The van der Waals surface area contributed by atoms with Crippen molar-refractivity contribution in [1.29, 1.82) is 0 Å². The van der Waals surface area contributed by atoms with Crippen molar-refractivity contribution >= 4 is 29.1 Å². The van der Waals surface area contributed by atoms with Crippen LogP contribution in [0.1, 0.15) is 24.2 Å². The van der Waals surface area contributed by atoms with E-state index < -0.39 is 11.5 Å². The number of amides is 1. The van der Waals surface area contributed by atoms with E-state index >= 15 is 0 Å². The highest BCUT2D eigenvalue weighted by Gasteiger charge is 2.16. The summed E-state index contributed by atoms with van der Waals surface area (Å²) in [5.74, 6) is -0.392. The minimum atomic E-state index is -0.973. The van der Waals surface area contributed by atoms with Gasteiger partial charge in [0.25, 0.3) is 5.91 Å². The number of hydrogen-bond acceptors (Lipinski definition) is 3. The molecule has 88 valence electrons. The summed E-state index contributed by atoms with van der Waals surface area (Å²) in [6, 6.07) is 1.38. The Morgan fingerprint density at radius 3 is 2.75 bits per heavy atom. The van der Waals surface area contributed by atoms with E-state index in [4.69, 9.17) is 23.2 Å². The lowest BCUT2D eigenvalue weighted by atomic mass is 10.1. The van der Waals surface area contributed by atoms with Crippen molar-refractivity contribution in [2.75, 3.05) is 6.54 Å². The van der Waals surface area contributed by atoms with E-state index in [1.165, 1.54) is 12.3 Å². The van der Waals surface area contributed by atoms with Crippen LogP contribution < -0.4 is 5.32 Å². The van der Waals surface area contributed by atoms with Crippen LogP contribution in [-0.4, -0.2) is 28.1 Å². The number of carbonyl (C=O) groups is 1. The Bertz CT molecular complexity index is 402. The summed E-state index contributed by atoms with van der Waals surface area (Å²) in [7, 11) is 0. The Morgan fingerprint density at radius 2 is 2.19 bits per heavy atom. The van der Waals surface area contributed by atoms with Gasteiger partial charge < -0.3 is 10.4 Å². The average molecular weight is 263 g/mol. The van der Waals surface area contributed by atoms with E-state index in [0.29, 0.717) is 0 Å². The van der Waals surface area contributed by atoms with E-state index in [1.54, 1.807) is 13.8 Å². The number of rotatable bonds is 3. The first-order valence-electron chi connectivity index (χ1n) is 4.61. The number of nitrogens with zero attached hydrogens (tertiary/aromatic N) is 1. The monoisotopic (exact) mass is 262 g/mol. The minimum Gasteiger partial charge on any atom is -0.389 e. The van der Waals surface area contributed by atoms with Gasteiger partial charge in [-0.1, -0.05) is 23.2 Å². The number of aliphatic hydroxyl groups is 1. The van der Waals surface area contributed by atoms with Crippen LogP contribution in [0.15, 0.2) is 12.3 Å².